The van der Waals surface area contributed by atoms with E-state index in [0.29, 0.717) is 35.7 Å². The van der Waals surface area contributed by atoms with Gasteiger partial charge >= 0.3 is 0 Å². The average Bonchev–Trinajstić information content (AvgIpc) is 3.09. The van der Waals surface area contributed by atoms with Crippen LogP contribution in [0.3, 0.4) is 0 Å². The van der Waals surface area contributed by atoms with Gasteiger partial charge in [0.1, 0.15) is 17.3 Å². The third-order valence-corrected chi connectivity index (χ3v) is 6.15. The lowest BCUT2D eigenvalue weighted by Crippen LogP contribution is -2.38. The highest BCUT2D eigenvalue weighted by molar-refractivity contribution is 6.46. The number of aryl methyl sites for hydroxylation is 1. The number of hydrogen-bond acceptors (Lipinski definition) is 6. The van der Waals surface area contributed by atoms with Crippen LogP contribution in [0.5, 0.6) is 11.5 Å². The second kappa shape index (κ2) is 10.5. The van der Waals surface area contributed by atoms with Crippen LogP contribution in [-0.4, -0.2) is 67.0 Å². The number of aliphatic hydroxyl groups is 1. The van der Waals surface area contributed by atoms with Gasteiger partial charge in [0.15, 0.2) is 0 Å². The Labute approximate surface area is 195 Å². The van der Waals surface area contributed by atoms with Gasteiger partial charge in [0.25, 0.3) is 11.7 Å². The summed E-state index contributed by atoms with van der Waals surface area (Å²) in [5.74, 6) is -0.470. The fourth-order valence-electron chi connectivity index (χ4n) is 4.14. The Morgan fingerprint density at radius 1 is 1.03 bits per heavy atom. The van der Waals surface area contributed by atoms with Crippen LogP contribution in [0, 0.1) is 6.92 Å². The van der Waals surface area contributed by atoms with Gasteiger partial charge < -0.3 is 24.4 Å². The molecule has 7 heteroatoms. The van der Waals surface area contributed by atoms with Crippen LogP contribution >= 0.6 is 0 Å². The van der Waals surface area contributed by atoms with Crippen molar-refractivity contribution >= 4 is 17.4 Å². The van der Waals surface area contributed by atoms with Crippen molar-refractivity contribution in [3.05, 3.63) is 64.7 Å². The van der Waals surface area contributed by atoms with Crippen LogP contribution in [0.1, 0.15) is 36.6 Å². The van der Waals surface area contributed by atoms with E-state index in [4.69, 9.17) is 9.47 Å². The molecule has 33 heavy (non-hydrogen) atoms. The zero-order valence-corrected chi connectivity index (χ0v) is 19.9. The van der Waals surface area contributed by atoms with Crippen LogP contribution in [0.4, 0.5) is 0 Å². The van der Waals surface area contributed by atoms with E-state index in [2.05, 4.69) is 18.7 Å². The molecule has 1 saturated heterocycles. The van der Waals surface area contributed by atoms with Gasteiger partial charge in [-0.05, 0) is 38.2 Å². The van der Waals surface area contributed by atoms with Gasteiger partial charge in [-0.3, -0.25) is 9.59 Å². The van der Waals surface area contributed by atoms with E-state index in [1.165, 1.54) is 12.0 Å². The number of methoxy groups -OCH3 is 2. The Morgan fingerprint density at radius 3 is 2.27 bits per heavy atom. The largest absolute Gasteiger partial charge is 0.507 e. The lowest BCUT2D eigenvalue weighted by molar-refractivity contribution is -0.140. The summed E-state index contributed by atoms with van der Waals surface area (Å²) in [6, 6.07) is 11.6. The lowest BCUT2D eigenvalue weighted by Gasteiger charge is -2.29. The molecule has 2 aromatic rings. The highest BCUT2D eigenvalue weighted by Crippen LogP contribution is 2.43. The van der Waals surface area contributed by atoms with E-state index in [-0.39, 0.29) is 11.3 Å². The highest BCUT2D eigenvalue weighted by atomic mass is 16.5. The van der Waals surface area contributed by atoms with E-state index in [1.807, 2.05) is 19.1 Å². The second-order valence-corrected chi connectivity index (χ2v) is 7.99. The van der Waals surface area contributed by atoms with Crippen molar-refractivity contribution in [3.63, 3.8) is 0 Å². The summed E-state index contributed by atoms with van der Waals surface area (Å²) in [4.78, 5) is 30.1. The van der Waals surface area contributed by atoms with Crippen LogP contribution in [-0.2, 0) is 9.59 Å². The Morgan fingerprint density at radius 2 is 1.70 bits per heavy atom. The minimum atomic E-state index is -0.799. The first kappa shape index (κ1) is 24.3. The van der Waals surface area contributed by atoms with E-state index in [0.717, 1.165) is 18.7 Å². The van der Waals surface area contributed by atoms with Crippen molar-refractivity contribution in [2.24, 2.45) is 0 Å². The van der Waals surface area contributed by atoms with Crippen molar-refractivity contribution < 1.29 is 24.2 Å². The van der Waals surface area contributed by atoms with Crippen molar-refractivity contribution in [1.82, 2.24) is 9.80 Å². The van der Waals surface area contributed by atoms with E-state index >= 15 is 0 Å². The Kier molecular flexibility index (Phi) is 7.76. The van der Waals surface area contributed by atoms with Crippen LogP contribution in [0.25, 0.3) is 5.76 Å². The summed E-state index contributed by atoms with van der Waals surface area (Å²) >= 11 is 0. The first-order valence-corrected chi connectivity index (χ1v) is 11.2. The van der Waals surface area contributed by atoms with Crippen molar-refractivity contribution in [2.45, 2.75) is 26.8 Å². The summed E-state index contributed by atoms with van der Waals surface area (Å²) in [6.07, 6.45) is 0. The molecule has 7 nitrogen and oxygen atoms in total. The summed E-state index contributed by atoms with van der Waals surface area (Å²) < 4.78 is 11.0. The molecule has 1 atom stereocenters. The SMILES string of the molecule is CCN(CC)CCN1C(=O)C(=O)/C(=C(/O)c2ccc(C)cc2)[C@H]1c1cc(OC)ccc1OC. The summed E-state index contributed by atoms with van der Waals surface area (Å²) in [5, 5.41) is 11.2. The molecule has 1 amide bonds. The van der Waals surface area contributed by atoms with Gasteiger partial charge in [0, 0.05) is 24.2 Å². The van der Waals surface area contributed by atoms with Crippen molar-refractivity contribution in [2.75, 3.05) is 40.4 Å². The van der Waals surface area contributed by atoms with Crippen LogP contribution < -0.4 is 9.47 Å². The van der Waals surface area contributed by atoms with Gasteiger partial charge in [-0.1, -0.05) is 43.7 Å². The predicted octanol–water partition coefficient (Wildman–Crippen LogP) is 3.78. The molecular formula is C26H32N2O5. The molecule has 1 heterocycles. The molecule has 0 aromatic heterocycles. The maximum absolute atomic E-state index is 13.2. The van der Waals surface area contributed by atoms with Crippen molar-refractivity contribution in [1.29, 1.82) is 0 Å². The number of aliphatic hydroxyl groups excluding tert-OH is 1. The molecule has 1 aliphatic heterocycles. The number of carbonyl (C=O) groups is 2. The van der Waals surface area contributed by atoms with Gasteiger partial charge in [0.2, 0.25) is 0 Å². The highest BCUT2D eigenvalue weighted by Gasteiger charge is 2.47. The molecule has 1 aliphatic rings. The number of benzene rings is 2. The number of carbonyl (C=O) groups excluding carboxylic acids is 2. The molecule has 0 bridgehead atoms. The standard InChI is InChI=1S/C26H32N2O5/c1-6-27(7-2)14-15-28-23(20-16-19(32-4)12-13-21(20)33-5)22(25(30)26(28)31)24(29)18-10-8-17(3)9-11-18/h8-13,16,23,29H,6-7,14-15H2,1-5H3/b24-22+/t23-/m1/s1. The molecular weight excluding hydrogens is 420 g/mol. The monoisotopic (exact) mass is 452 g/mol. The Balaban J connectivity index is 2.19. The molecule has 0 unspecified atom stereocenters. The second-order valence-electron chi connectivity index (χ2n) is 7.99. The van der Waals surface area contributed by atoms with Crippen molar-refractivity contribution in [3.8, 4) is 11.5 Å². The summed E-state index contributed by atoms with van der Waals surface area (Å²) in [5.41, 5.74) is 2.14. The fraction of sp³-hybridized carbons (Fsp3) is 0.385. The Hall–Kier alpha value is -3.32. The summed E-state index contributed by atoms with van der Waals surface area (Å²) in [7, 11) is 3.09. The van der Waals surface area contributed by atoms with E-state index in [1.54, 1.807) is 37.4 Å². The number of likely N-dealkylation sites (tertiary alicyclic amines) is 1. The maximum Gasteiger partial charge on any atom is 0.295 e. The first-order chi connectivity index (χ1) is 15.9. The molecule has 176 valence electrons. The lowest BCUT2D eigenvalue weighted by atomic mass is 9.94. The first-order valence-electron chi connectivity index (χ1n) is 11.2. The number of ether oxygens (including phenoxy) is 2. The zero-order valence-electron chi connectivity index (χ0n) is 19.9. The molecule has 1 fully saturated rings. The molecule has 2 aromatic carbocycles. The van der Waals surface area contributed by atoms with Crippen LogP contribution in [0.15, 0.2) is 48.0 Å². The smallest absolute Gasteiger partial charge is 0.295 e. The number of rotatable bonds is 9. The topological polar surface area (TPSA) is 79.3 Å². The molecule has 3 rings (SSSR count). The zero-order chi connectivity index (χ0) is 24.1. The van der Waals surface area contributed by atoms with E-state index < -0.39 is 17.7 Å². The average molecular weight is 453 g/mol. The van der Waals surface area contributed by atoms with Gasteiger partial charge in [-0.2, -0.15) is 0 Å². The molecule has 0 spiro atoms. The van der Waals surface area contributed by atoms with E-state index in [9.17, 15) is 14.7 Å². The number of ketones is 1. The minimum Gasteiger partial charge on any atom is -0.507 e. The number of hydrogen-bond donors (Lipinski definition) is 1. The third kappa shape index (κ3) is 4.88. The third-order valence-electron chi connectivity index (χ3n) is 6.15. The number of nitrogens with zero attached hydrogens (tertiary/aromatic N) is 2. The number of likely N-dealkylation sites (N-methyl/N-ethyl adjacent to an activating group) is 1. The number of amides is 1. The Bertz CT molecular complexity index is 1040. The van der Waals surface area contributed by atoms with Gasteiger partial charge in [0.05, 0.1) is 25.8 Å². The number of Topliss-reactive ketones (excluding diaryl/α,β-unsaturated/α-hetero) is 1. The normalized spacial score (nSPS) is 17.6. The van der Waals surface area contributed by atoms with Crippen LogP contribution in [0.2, 0.25) is 0 Å². The van der Waals surface area contributed by atoms with Gasteiger partial charge in [-0.15, -0.1) is 0 Å². The molecule has 0 aliphatic carbocycles. The quantitative estimate of drug-likeness (QED) is 0.354. The minimum absolute atomic E-state index is 0.0509. The predicted molar refractivity (Wildman–Crippen MR) is 128 cm³/mol. The summed E-state index contributed by atoms with van der Waals surface area (Å²) in [6.45, 7) is 8.65. The molecule has 0 saturated carbocycles. The van der Waals surface area contributed by atoms with Gasteiger partial charge in [-0.25, -0.2) is 0 Å². The maximum atomic E-state index is 13.2. The fourth-order valence-corrected chi connectivity index (χ4v) is 4.14. The molecule has 0 radical (unpaired) electrons. The molecule has 1 N–H and O–H groups in total.